The third-order valence-electron chi connectivity index (χ3n) is 4.66. The predicted octanol–water partition coefficient (Wildman–Crippen LogP) is 1.56. The molecule has 20 heavy (non-hydrogen) atoms. The Bertz CT molecular complexity index is 262. The number of hydrogen-bond acceptors (Lipinski definition) is 4. The first-order chi connectivity index (χ1) is 9.83. The van der Waals surface area contributed by atoms with Gasteiger partial charge in [-0.25, -0.2) is 0 Å². The van der Waals surface area contributed by atoms with E-state index in [2.05, 4.69) is 29.0 Å². The van der Waals surface area contributed by atoms with E-state index in [9.17, 15) is 0 Å². The first kappa shape index (κ1) is 16.2. The molecule has 0 aromatic carbocycles. The number of ether oxygens (including phenoxy) is 1. The quantitative estimate of drug-likeness (QED) is 0.718. The summed E-state index contributed by atoms with van der Waals surface area (Å²) in [5.41, 5.74) is 0. The summed E-state index contributed by atoms with van der Waals surface area (Å²) >= 11 is 0. The van der Waals surface area contributed by atoms with Gasteiger partial charge in [0.2, 0.25) is 0 Å². The number of likely N-dealkylation sites (N-methyl/N-ethyl adjacent to an activating group) is 1. The summed E-state index contributed by atoms with van der Waals surface area (Å²) in [5.74, 6) is 0. The van der Waals surface area contributed by atoms with Gasteiger partial charge in [0, 0.05) is 32.2 Å². The summed E-state index contributed by atoms with van der Waals surface area (Å²) < 4.78 is 5.98. The van der Waals surface area contributed by atoms with Crippen molar-refractivity contribution in [3.05, 3.63) is 0 Å². The normalized spacial score (nSPS) is 29.7. The Kier molecular flexibility index (Phi) is 7.28. The molecule has 0 amide bonds. The summed E-state index contributed by atoms with van der Waals surface area (Å²) in [7, 11) is 0. The van der Waals surface area contributed by atoms with Crippen LogP contribution in [0.2, 0.25) is 0 Å². The Hall–Kier alpha value is -0.160. The van der Waals surface area contributed by atoms with Crippen LogP contribution in [-0.4, -0.2) is 74.4 Å². The van der Waals surface area contributed by atoms with Gasteiger partial charge in [0.15, 0.2) is 0 Å². The first-order valence-corrected chi connectivity index (χ1v) is 8.62. The second kappa shape index (κ2) is 8.98. The number of hydrogen-bond donors (Lipinski definition) is 1. The van der Waals surface area contributed by atoms with E-state index in [-0.39, 0.29) is 0 Å². The topological polar surface area (TPSA) is 27.7 Å². The van der Waals surface area contributed by atoms with Gasteiger partial charge in [-0.15, -0.1) is 0 Å². The van der Waals surface area contributed by atoms with Crippen molar-refractivity contribution < 1.29 is 4.74 Å². The van der Waals surface area contributed by atoms with Gasteiger partial charge in [0.05, 0.1) is 12.7 Å². The van der Waals surface area contributed by atoms with Crippen LogP contribution < -0.4 is 5.32 Å². The van der Waals surface area contributed by atoms with Crippen molar-refractivity contribution in [3.8, 4) is 0 Å². The molecule has 4 heteroatoms. The van der Waals surface area contributed by atoms with Crippen LogP contribution in [0.1, 0.15) is 39.5 Å². The summed E-state index contributed by atoms with van der Waals surface area (Å²) in [6.07, 6.45) is 5.73. The molecule has 2 unspecified atom stereocenters. The van der Waals surface area contributed by atoms with Crippen molar-refractivity contribution in [3.63, 3.8) is 0 Å². The maximum Gasteiger partial charge on any atom is 0.0829 e. The SMILES string of the molecule is CCCNCC1CCCCN1CC1CN(CC)CCO1. The van der Waals surface area contributed by atoms with Gasteiger partial charge < -0.3 is 10.1 Å². The molecular weight excluding hydrogens is 250 g/mol. The minimum Gasteiger partial charge on any atom is -0.374 e. The van der Waals surface area contributed by atoms with Crippen molar-refractivity contribution in [1.82, 2.24) is 15.1 Å². The van der Waals surface area contributed by atoms with E-state index in [0.29, 0.717) is 6.10 Å². The number of nitrogens with zero attached hydrogens (tertiary/aromatic N) is 2. The van der Waals surface area contributed by atoms with Crippen LogP contribution in [0.5, 0.6) is 0 Å². The molecule has 2 saturated heterocycles. The minimum atomic E-state index is 0.412. The minimum absolute atomic E-state index is 0.412. The fourth-order valence-electron chi connectivity index (χ4n) is 3.42. The fourth-order valence-corrected chi connectivity index (χ4v) is 3.42. The molecule has 118 valence electrons. The molecular formula is C16H33N3O. The van der Waals surface area contributed by atoms with Crippen LogP contribution in [0.3, 0.4) is 0 Å². The average molecular weight is 283 g/mol. The molecule has 2 fully saturated rings. The Labute approximate surface area is 124 Å². The molecule has 2 rings (SSSR count). The molecule has 2 aliphatic rings. The summed E-state index contributed by atoms with van der Waals surface area (Å²) in [5, 5.41) is 3.60. The monoisotopic (exact) mass is 283 g/mol. The van der Waals surface area contributed by atoms with Crippen molar-refractivity contribution in [2.45, 2.75) is 51.7 Å². The Morgan fingerprint density at radius 3 is 2.90 bits per heavy atom. The molecule has 0 aliphatic carbocycles. The van der Waals surface area contributed by atoms with E-state index in [1.54, 1.807) is 0 Å². The highest BCUT2D eigenvalue weighted by Crippen LogP contribution is 2.18. The van der Waals surface area contributed by atoms with Gasteiger partial charge in [0.25, 0.3) is 0 Å². The van der Waals surface area contributed by atoms with Crippen molar-refractivity contribution >= 4 is 0 Å². The number of morpholine rings is 1. The van der Waals surface area contributed by atoms with Crippen LogP contribution in [-0.2, 0) is 4.74 Å². The third kappa shape index (κ3) is 4.99. The van der Waals surface area contributed by atoms with Gasteiger partial charge in [-0.3, -0.25) is 9.80 Å². The zero-order chi connectivity index (χ0) is 14.2. The molecule has 0 spiro atoms. The average Bonchev–Trinajstić information content (AvgIpc) is 2.49. The summed E-state index contributed by atoms with van der Waals surface area (Å²) in [4.78, 5) is 5.19. The molecule has 2 atom stereocenters. The van der Waals surface area contributed by atoms with Crippen LogP contribution in [0.4, 0.5) is 0 Å². The van der Waals surface area contributed by atoms with E-state index in [0.717, 1.165) is 51.9 Å². The van der Waals surface area contributed by atoms with Crippen molar-refractivity contribution in [1.29, 1.82) is 0 Å². The number of rotatable bonds is 7. The van der Waals surface area contributed by atoms with E-state index in [1.165, 1.54) is 32.2 Å². The lowest BCUT2D eigenvalue weighted by molar-refractivity contribution is -0.0505. The van der Waals surface area contributed by atoms with E-state index >= 15 is 0 Å². The number of likely N-dealkylation sites (tertiary alicyclic amines) is 1. The molecule has 2 aliphatic heterocycles. The lowest BCUT2D eigenvalue weighted by atomic mass is 10.0. The van der Waals surface area contributed by atoms with E-state index in [4.69, 9.17) is 4.74 Å². The third-order valence-corrected chi connectivity index (χ3v) is 4.66. The summed E-state index contributed by atoms with van der Waals surface area (Å²) in [6.45, 7) is 13.4. The Morgan fingerprint density at radius 1 is 1.20 bits per heavy atom. The molecule has 4 nitrogen and oxygen atoms in total. The highest BCUT2D eigenvalue weighted by atomic mass is 16.5. The molecule has 0 bridgehead atoms. The van der Waals surface area contributed by atoms with Gasteiger partial charge >= 0.3 is 0 Å². The maximum absolute atomic E-state index is 5.98. The zero-order valence-corrected chi connectivity index (χ0v) is 13.4. The number of piperidine rings is 1. The second-order valence-electron chi connectivity index (χ2n) is 6.23. The molecule has 1 N–H and O–H groups in total. The van der Waals surface area contributed by atoms with E-state index in [1.807, 2.05) is 0 Å². The van der Waals surface area contributed by atoms with Gasteiger partial charge in [-0.2, -0.15) is 0 Å². The first-order valence-electron chi connectivity index (χ1n) is 8.62. The second-order valence-corrected chi connectivity index (χ2v) is 6.23. The summed E-state index contributed by atoms with van der Waals surface area (Å²) in [6, 6.07) is 0.718. The molecule has 0 aromatic heterocycles. The molecule has 2 heterocycles. The smallest absolute Gasteiger partial charge is 0.0829 e. The fraction of sp³-hybridized carbons (Fsp3) is 1.00. The van der Waals surface area contributed by atoms with Crippen LogP contribution in [0.25, 0.3) is 0 Å². The zero-order valence-electron chi connectivity index (χ0n) is 13.4. The Balaban J connectivity index is 1.78. The maximum atomic E-state index is 5.98. The molecule has 0 saturated carbocycles. The van der Waals surface area contributed by atoms with Crippen molar-refractivity contribution in [2.75, 3.05) is 52.4 Å². The van der Waals surface area contributed by atoms with Crippen LogP contribution in [0.15, 0.2) is 0 Å². The van der Waals surface area contributed by atoms with Gasteiger partial charge in [0.1, 0.15) is 0 Å². The standard InChI is InChI=1S/C16H33N3O/c1-3-8-17-12-15-7-5-6-9-19(15)14-16-13-18(4-2)10-11-20-16/h15-17H,3-14H2,1-2H3. The highest BCUT2D eigenvalue weighted by molar-refractivity contribution is 4.83. The number of nitrogens with one attached hydrogen (secondary N) is 1. The lowest BCUT2D eigenvalue weighted by Gasteiger charge is -2.40. The van der Waals surface area contributed by atoms with Crippen molar-refractivity contribution in [2.24, 2.45) is 0 Å². The van der Waals surface area contributed by atoms with E-state index < -0.39 is 0 Å². The van der Waals surface area contributed by atoms with Gasteiger partial charge in [-0.1, -0.05) is 20.3 Å². The Morgan fingerprint density at radius 2 is 2.10 bits per heavy atom. The molecule has 0 aromatic rings. The molecule has 0 radical (unpaired) electrons. The predicted molar refractivity (Wildman–Crippen MR) is 84.2 cm³/mol. The largest absolute Gasteiger partial charge is 0.374 e. The van der Waals surface area contributed by atoms with Crippen LogP contribution in [0, 0.1) is 0 Å². The lowest BCUT2D eigenvalue weighted by Crippen LogP contribution is -2.52. The highest BCUT2D eigenvalue weighted by Gasteiger charge is 2.27. The van der Waals surface area contributed by atoms with Gasteiger partial charge in [-0.05, 0) is 38.9 Å². The van der Waals surface area contributed by atoms with Crippen LogP contribution >= 0.6 is 0 Å².